The fourth-order valence-corrected chi connectivity index (χ4v) is 6.52. The van der Waals surface area contributed by atoms with Crippen LogP contribution in [0.3, 0.4) is 0 Å². The molecule has 1 aromatic heterocycles. The van der Waals surface area contributed by atoms with Crippen molar-refractivity contribution in [2.75, 3.05) is 19.6 Å². The van der Waals surface area contributed by atoms with Crippen molar-refractivity contribution >= 4 is 27.3 Å². The summed E-state index contributed by atoms with van der Waals surface area (Å²) in [4.78, 5) is 14.1. The molecule has 1 fully saturated rings. The van der Waals surface area contributed by atoms with E-state index >= 15 is 0 Å². The van der Waals surface area contributed by atoms with Gasteiger partial charge in [-0.25, -0.2) is 8.42 Å². The average Bonchev–Trinajstić information content (AvgIpc) is 3.27. The first-order valence-corrected chi connectivity index (χ1v) is 12.8. The highest BCUT2D eigenvalue weighted by molar-refractivity contribution is 7.89. The Kier molecular flexibility index (Phi) is 6.37. The number of thiophene rings is 1. The van der Waals surface area contributed by atoms with Gasteiger partial charge in [-0.1, -0.05) is 12.1 Å². The highest BCUT2D eigenvalue weighted by atomic mass is 32.2. The maximum absolute atomic E-state index is 13.1. The summed E-state index contributed by atoms with van der Waals surface area (Å²) in [5, 5.41) is 5.05. The quantitative estimate of drug-likeness (QED) is 0.761. The van der Waals surface area contributed by atoms with Crippen molar-refractivity contribution in [2.24, 2.45) is 5.92 Å². The highest BCUT2D eigenvalue weighted by Gasteiger charge is 2.32. The van der Waals surface area contributed by atoms with E-state index in [9.17, 15) is 13.2 Å². The van der Waals surface area contributed by atoms with Gasteiger partial charge in [0.05, 0.1) is 4.90 Å². The second-order valence-electron chi connectivity index (χ2n) is 7.94. The van der Waals surface area contributed by atoms with Gasteiger partial charge in [-0.2, -0.15) is 4.31 Å². The lowest BCUT2D eigenvalue weighted by Gasteiger charge is -2.31. The van der Waals surface area contributed by atoms with Gasteiger partial charge in [0.1, 0.15) is 0 Å². The molecule has 2 aliphatic rings. The molecule has 1 amide bonds. The number of amides is 1. The lowest BCUT2D eigenvalue weighted by atomic mass is 9.92. The number of nitrogens with zero attached hydrogens (tertiary/aromatic N) is 1. The van der Waals surface area contributed by atoms with E-state index in [-0.39, 0.29) is 11.8 Å². The van der Waals surface area contributed by atoms with Crippen LogP contribution in [-0.4, -0.2) is 38.3 Å². The number of carbonyl (C=O) groups is 1. The maximum atomic E-state index is 13.1. The van der Waals surface area contributed by atoms with Crippen LogP contribution in [0.4, 0.5) is 0 Å². The summed E-state index contributed by atoms with van der Waals surface area (Å²) >= 11 is 1.69. The standard InChI is InChI=1S/C22H28N2O3S2/c25-22(23-12-9-20-6-3-15-28-20)18-10-13-24(14-11-18)29(26,27)21-8-7-17-4-1-2-5-19(17)16-21/h3,6-8,15-16,18H,1-2,4-5,9-14H2,(H,23,25). The van der Waals surface area contributed by atoms with Crippen molar-refractivity contribution in [3.8, 4) is 0 Å². The number of sulfonamides is 1. The van der Waals surface area contributed by atoms with Gasteiger partial charge in [0, 0.05) is 30.4 Å². The van der Waals surface area contributed by atoms with Crippen LogP contribution in [0.25, 0.3) is 0 Å². The zero-order chi connectivity index (χ0) is 20.3. The number of carbonyl (C=O) groups excluding carboxylic acids is 1. The summed E-state index contributed by atoms with van der Waals surface area (Å²) in [5.41, 5.74) is 2.46. The predicted octanol–water partition coefficient (Wildman–Crippen LogP) is 3.39. The van der Waals surface area contributed by atoms with Crippen molar-refractivity contribution in [3.05, 3.63) is 51.7 Å². The average molecular weight is 433 g/mol. The molecule has 0 spiro atoms. The van der Waals surface area contributed by atoms with E-state index in [4.69, 9.17) is 0 Å². The first-order valence-electron chi connectivity index (χ1n) is 10.5. The third-order valence-electron chi connectivity index (χ3n) is 6.03. The Morgan fingerprint density at radius 1 is 1.10 bits per heavy atom. The molecule has 0 unspecified atom stereocenters. The molecule has 1 N–H and O–H groups in total. The fraction of sp³-hybridized carbons (Fsp3) is 0.500. The van der Waals surface area contributed by atoms with E-state index in [0.717, 1.165) is 25.7 Å². The number of piperidine rings is 1. The van der Waals surface area contributed by atoms with E-state index in [1.807, 2.05) is 23.6 Å². The molecule has 2 heterocycles. The van der Waals surface area contributed by atoms with Crippen LogP contribution in [0.5, 0.6) is 0 Å². The molecule has 1 saturated heterocycles. The van der Waals surface area contributed by atoms with Gasteiger partial charge < -0.3 is 5.32 Å². The van der Waals surface area contributed by atoms with Crippen LogP contribution in [0.2, 0.25) is 0 Å². The normalized spacial score (nSPS) is 18.3. The Morgan fingerprint density at radius 3 is 2.59 bits per heavy atom. The number of nitrogens with one attached hydrogen (secondary N) is 1. The summed E-state index contributed by atoms with van der Waals surface area (Å²) < 4.78 is 27.7. The Morgan fingerprint density at radius 2 is 1.86 bits per heavy atom. The van der Waals surface area contributed by atoms with Crippen molar-refractivity contribution in [1.82, 2.24) is 9.62 Å². The first kappa shape index (κ1) is 20.6. The Balaban J connectivity index is 1.32. The lowest BCUT2D eigenvalue weighted by molar-refractivity contribution is -0.126. The third-order valence-corrected chi connectivity index (χ3v) is 8.86. The highest BCUT2D eigenvalue weighted by Crippen LogP contribution is 2.28. The molecule has 7 heteroatoms. The molecule has 1 aliphatic carbocycles. The van der Waals surface area contributed by atoms with E-state index in [2.05, 4.69) is 11.4 Å². The zero-order valence-corrected chi connectivity index (χ0v) is 18.2. The van der Waals surface area contributed by atoms with Crippen LogP contribution in [0, 0.1) is 5.92 Å². The minimum atomic E-state index is -3.49. The molecule has 0 atom stereocenters. The summed E-state index contributed by atoms with van der Waals surface area (Å²) in [6, 6.07) is 9.69. The van der Waals surface area contributed by atoms with Crippen LogP contribution < -0.4 is 5.32 Å². The molecule has 4 rings (SSSR count). The number of hydrogen-bond acceptors (Lipinski definition) is 4. The Labute approximate surface area is 177 Å². The van der Waals surface area contributed by atoms with Crippen LogP contribution in [0.15, 0.2) is 40.6 Å². The molecule has 0 radical (unpaired) electrons. The minimum Gasteiger partial charge on any atom is -0.355 e. The molecular weight excluding hydrogens is 404 g/mol. The van der Waals surface area contributed by atoms with Crippen LogP contribution >= 0.6 is 11.3 Å². The summed E-state index contributed by atoms with van der Waals surface area (Å²) in [6.07, 6.45) is 6.32. The monoisotopic (exact) mass is 432 g/mol. The Bertz CT molecular complexity index is 946. The van der Waals surface area contributed by atoms with Crippen LogP contribution in [-0.2, 0) is 34.1 Å². The van der Waals surface area contributed by atoms with Crippen molar-refractivity contribution < 1.29 is 13.2 Å². The molecule has 2 aromatic rings. The van der Waals surface area contributed by atoms with Gasteiger partial charge in [-0.05, 0) is 79.7 Å². The molecule has 29 heavy (non-hydrogen) atoms. The topological polar surface area (TPSA) is 66.5 Å². The second kappa shape index (κ2) is 8.98. The summed E-state index contributed by atoms with van der Waals surface area (Å²) in [5.74, 6) is -0.0549. The molecule has 156 valence electrons. The zero-order valence-electron chi connectivity index (χ0n) is 16.6. The lowest BCUT2D eigenvalue weighted by Crippen LogP contribution is -2.43. The number of fused-ring (bicyclic) bond motifs is 1. The second-order valence-corrected chi connectivity index (χ2v) is 10.9. The fourth-order valence-electron chi connectivity index (χ4n) is 4.29. The van der Waals surface area contributed by atoms with Crippen molar-refractivity contribution in [1.29, 1.82) is 0 Å². The Hall–Kier alpha value is -1.70. The number of rotatable bonds is 6. The smallest absolute Gasteiger partial charge is 0.243 e. The van der Waals surface area contributed by atoms with Gasteiger partial charge in [-0.3, -0.25) is 4.79 Å². The SMILES string of the molecule is O=C(NCCc1cccs1)C1CCN(S(=O)(=O)c2ccc3c(c2)CCCC3)CC1. The predicted molar refractivity (Wildman–Crippen MR) is 116 cm³/mol. The molecule has 0 saturated carbocycles. The summed E-state index contributed by atoms with van der Waals surface area (Å²) in [6.45, 7) is 1.44. The van der Waals surface area contributed by atoms with E-state index < -0.39 is 10.0 Å². The number of hydrogen-bond donors (Lipinski definition) is 1. The van der Waals surface area contributed by atoms with Gasteiger partial charge in [-0.15, -0.1) is 11.3 Å². The minimum absolute atomic E-state index is 0.0485. The van der Waals surface area contributed by atoms with Crippen LogP contribution in [0.1, 0.15) is 41.7 Å². The maximum Gasteiger partial charge on any atom is 0.243 e. The van der Waals surface area contributed by atoms with Gasteiger partial charge in [0.25, 0.3) is 0 Å². The largest absolute Gasteiger partial charge is 0.355 e. The van der Waals surface area contributed by atoms with E-state index in [0.29, 0.717) is 37.4 Å². The first-order chi connectivity index (χ1) is 14.0. The van der Waals surface area contributed by atoms with Crippen molar-refractivity contribution in [3.63, 3.8) is 0 Å². The summed E-state index contributed by atoms with van der Waals surface area (Å²) in [7, 11) is -3.49. The van der Waals surface area contributed by atoms with Gasteiger partial charge in [0.15, 0.2) is 0 Å². The number of benzene rings is 1. The van der Waals surface area contributed by atoms with Gasteiger partial charge >= 0.3 is 0 Å². The molecule has 1 aliphatic heterocycles. The number of aryl methyl sites for hydroxylation is 2. The van der Waals surface area contributed by atoms with Crippen molar-refractivity contribution in [2.45, 2.75) is 49.8 Å². The van der Waals surface area contributed by atoms with E-state index in [1.165, 1.54) is 22.4 Å². The molecule has 5 nitrogen and oxygen atoms in total. The van der Waals surface area contributed by atoms with Gasteiger partial charge in [0.2, 0.25) is 15.9 Å². The third kappa shape index (κ3) is 4.73. The molecule has 1 aromatic carbocycles. The van der Waals surface area contributed by atoms with E-state index in [1.54, 1.807) is 21.7 Å². The molecular formula is C22H28N2O3S2. The molecule has 0 bridgehead atoms.